The lowest BCUT2D eigenvalue weighted by atomic mass is 10.0. The van der Waals surface area contributed by atoms with Crippen LogP contribution in [0.25, 0.3) is 6.08 Å². The summed E-state index contributed by atoms with van der Waals surface area (Å²) in [6.07, 6.45) is 4.45. The van der Waals surface area contributed by atoms with Crippen LogP contribution in [0.15, 0.2) is 22.7 Å². The summed E-state index contributed by atoms with van der Waals surface area (Å²) in [6.45, 7) is 4.37. The monoisotopic (exact) mass is 222 g/mol. The molecule has 0 saturated heterocycles. The molecular weight excluding hydrogens is 212 g/mol. The van der Waals surface area contributed by atoms with Crippen molar-refractivity contribution in [1.29, 1.82) is 0 Å². The maximum Gasteiger partial charge on any atom is 0.0210 e. The summed E-state index contributed by atoms with van der Waals surface area (Å²) in [5.41, 5.74) is 4.14. The standard InChI is InChI=1S/C11H11Br/c1-7-3-4-9-6-11(12)8(2)5-10(7)9/h3-7H,1-2H3. The van der Waals surface area contributed by atoms with Crippen LogP contribution in [0.4, 0.5) is 0 Å². The molecular formula is C11H11Br. The summed E-state index contributed by atoms with van der Waals surface area (Å²) in [6, 6.07) is 4.47. The van der Waals surface area contributed by atoms with Gasteiger partial charge in [-0.15, -0.1) is 0 Å². The van der Waals surface area contributed by atoms with Gasteiger partial charge in [-0.05, 0) is 35.6 Å². The van der Waals surface area contributed by atoms with Crippen LogP contribution in [0.2, 0.25) is 0 Å². The molecule has 0 nitrogen and oxygen atoms in total. The molecule has 0 fully saturated rings. The number of halogens is 1. The van der Waals surface area contributed by atoms with Crippen molar-refractivity contribution in [1.82, 2.24) is 0 Å². The topological polar surface area (TPSA) is 0 Å². The molecule has 0 bridgehead atoms. The van der Waals surface area contributed by atoms with Gasteiger partial charge < -0.3 is 0 Å². The minimum atomic E-state index is 0.590. The number of hydrogen-bond acceptors (Lipinski definition) is 0. The number of benzene rings is 1. The fourth-order valence-corrected chi connectivity index (χ4v) is 1.97. The second kappa shape index (κ2) is 2.74. The lowest BCUT2D eigenvalue weighted by Gasteiger charge is -2.07. The van der Waals surface area contributed by atoms with Crippen LogP contribution in [0.1, 0.15) is 29.5 Å². The predicted octanol–water partition coefficient (Wildman–Crippen LogP) is 3.89. The van der Waals surface area contributed by atoms with Gasteiger partial charge in [0, 0.05) is 4.47 Å². The number of allylic oxidation sites excluding steroid dienone is 1. The van der Waals surface area contributed by atoms with E-state index >= 15 is 0 Å². The van der Waals surface area contributed by atoms with Gasteiger partial charge in [-0.2, -0.15) is 0 Å². The van der Waals surface area contributed by atoms with Crippen molar-refractivity contribution < 1.29 is 0 Å². The smallest absolute Gasteiger partial charge is 0.0210 e. The summed E-state index contributed by atoms with van der Waals surface area (Å²) in [7, 11) is 0. The summed E-state index contributed by atoms with van der Waals surface area (Å²) in [4.78, 5) is 0. The van der Waals surface area contributed by atoms with E-state index in [1.54, 1.807) is 0 Å². The molecule has 0 saturated carbocycles. The van der Waals surface area contributed by atoms with Crippen molar-refractivity contribution >= 4 is 22.0 Å². The van der Waals surface area contributed by atoms with Gasteiger partial charge in [0.15, 0.2) is 0 Å². The normalized spacial score (nSPS) is 19.8. The highest BCUT2D eigenvalue weighted by molar-refractivity contribution is 9.10. The molecule has 2 rings (SSSR count). The molecule has 0 aliphatic heterocycles. The van der Waals surface area contributed by atoms with Crippen molar-refractivity contribution in [3.05, 3.63) is 39.4 Å². The minimum absolute atomic E-state index is 0.590. The van der Waals surface area contributed by atoms with Crippen LogP contribution in [-0.4, -0.2) is 0 Å². The Bertz CT molecular complexity index is 350. The van der Waals surface area contributed by atoms with Gasteiger partial charge in [0.2, 0.25) is 0 Å². The molecule has 1 atom stereocenters. The first-order valence-corrected chi connectivity index (χ1v) is 4.96. The van der Waals surface area contributed by atoms with Crippen molar-refractivity contribution in [3.63, 3.8) is 0 Å². The Balaban J connectivity index is 2.62. The first-order chi connectivity index (χ1) is 5.68. The summed E-state index contributed by atoms with van der Waals surface area (Å²) in [5, 5.41) is 0. The van der Waals surface area contributed by atoms with E-state index in [0.717, 1.165) is 0 Å². The van der Waals surface area contributed by atoms with E-state index in [9.17, 15) is 0 Å². The molecule has 1 aliphatic carbocycles. The molecule has 62 valence electrons. The highest BCUT2D eigenvalue weighted by Crippen LogP contribution is 2.33. The van der Waals surface area contributed by atoms with E-state index in [0.29, 0.717) is 5.92 Å². The maximum absolute atomic E-state index is 3.53. The zero-order valence-electron chi connectivity index (χ0n) is 7.26. The molecule has 1 aromatic carbocycles. The zero-order chi connectivity index (χ0) is 8.72. The Morgan fingerprint density at radius 1 is 1.33 bits per heavy atom. The molecule has 1 aliphatic rings. The lowest BCUT2D eigenvalue weighted by Crippen LogP contribution is -1.89. The summed E-state index contributed by atoms with van der Waals surface area (Å²) in [5.74, 6) is 0.590. The van der Waals surface area contributed by atoms with E-state index in [1.165, 1.54) is 21.2 Å². The number of aryl methyl sites for hydroxylation is 1. The summed E-state index contributed by atoms with van der Waals surface area (Å²) >= 11 is 3.53. The van der Waals surface area contributed by atoms with Crippen LogP contribution in [-0.2, 0) is 0 Å². The number of rotatable bonds is 0. The minimum Gasteiger partial charge on any atom is -0.0767 e. The van der Waals surface area contributed by atoms with Gasteiger partial charge >= 0.3 is 0 Å². The average Bonchev–Trinajstić information content (AvgIpc) is 2.35. The molecule has 0 radical (unpaired) electrons. The van der Waals surface area contributed by atoms with Crippen molar-refractivity contribution in [2.75, 3.05) is 0 Å². The Kier molecular flexibility index (Phi) is 1.84. The molecule has 12 heavy (non-hydrogen) atoms. The van der Waals surface area contributed by atoms with Gasteiger partial charge in [0.05, 0.1) is 0 Å². The lowest BCUT2D eigenvalue weighted by molar-refractivity contribution is 0.986. The third-order valence-electron chi connectivity index (χ3n) is 2.42. The molecule has 1 unspecified atom stereocenters. The van der Waals surface area contributed by atoms with Crippen LogP contribution in [0, 0.1) is 6.92 Å². The molecule has 0 N–H and O–H groups in total. The van der Waals surface area contributed by atoms with Crippen molar-refractivity contribution in [3.8, 4) is 0 Å². The number of hydrogen-bond donors (Lipinski definition) is 0. The maximum atomic E-state index is 3.53. The summed E-state index contributed by atoms with van der Waals surface area (Å²) < 4.78 is 1.21. The van der Waals surface area contributed by atoms with Crippen LogP contribution in [0.5, 0.6) is 0 Å². The highest BCUT2D eigenvalue weighted by Gasteiger charge is 2.13. The zero-order valence-corrected chi connectivity index (χ0v) is 8.85. The van der Waals surface area contributed by atoms with Crippen LogP contribution < -0.4 is 0 Å². The molecule has 1 heteroatoms. The predicted molar refractivity (Wildman–Crippen MR) is 56.3 cm³/mol. The van der Waals surface area contributed by atoms with Crippen molar-refractivity contribution in [2.45, 2.75) is 19.8 Å². The second-order valence-electron chi connectivity index (χ2n) is 3.38. The van der Waals surface area contributed by atoms with E-state index < -0.39 is 0 Å². The van der Waals surface area contributed by atoms with E-state index in [-0.39, 0.29) is 0 Å². The Labute approximate surface area is 81.4 Å². The second-order valence-corrected chi connectivity index (χ2v) is 4.23. The Hall–Kier alpha value is -0.560. The highest BCUT2D eigenvalue weighted by atomic mass is 79.9. The van der Waals surface area contributed by atoms with Gasteiger partial charge in [-0.25, -0.2) is 0 Å². The fraction of sp³-hybridized carbons (Fsp3) is 0.273. The molecule has 0 heterocycles. The van der Waals surface area contributed by atoms with Gasteiger partial charge in [0.25, 0.3) is 0 Å². The van der Waals surface area contributed by atoms with E-state index in [1.807, 2.05) is 0 Å². The SMILES string of the molecule is Cc1cc2c(cc1Br)C=CC2C. The van der Waals surface area contributed by atoms with E-state index in [2.05, 4.69) is 54.1 Å². The first-order valence-electron chi connectivity index (χ1n) is 4.17. The van der Waals surface area contributed by atoms with Gasteiger partial charge in [-0.1, -0.05) is 41.1 Å². The third kappa shape index (κ3) is 1.13. The van der Waals surface area contributed by atoms with Crippen LogP contribution >= 0.6 is 15.9 Å². The fourth-order valence-electron chi connectivity index (χ4n) is 1.61. The van der Waals surface area contributed by atoms with E-state index in [4.69, 9.17) is 0 Å². The van der Waals surface area contributed by atoms with Gasteiger partial charge in [0.1, 0.15) is 0 Å². The Morgan fingerprint density at radius 2 is 2.08 bits per heavy atom. The first kappa shape index (κ1) is 8.06. The number of fused-ring (bicyclic) bond motifs is 1. The van der Waals surface area contributed by atoms with Gasteiger partial charge in [-0.3, -0.25) is 0 Å². The van der Waals surface area contributed by atoms with Crippen molar-refractivity contribution in [2.24, 2.45) is 0 Å². The Morgan fingerprint density at radius 3 is 2.83 bits per heavy atom. The molecule has 1 aromatic rings. The van der Waals surface area contributed by atoms with Crippen LogP contribution in [0.3, 0.4) is 0 Å². The average molecular weight is 223 g/mol. The quantitative estimate of drug-likeness (QED) is 0.625. The third-order valence-corrected chi connectivity index (χ3v) is 3.27. The molecule has 0 aromatic heterocycles. The molecule has 0 spiro atoms. The largest absolute Gasteiger partial charge is 0.0767 e. The molecule has 0 amide bonds.